The van der Waals surface area contributed by atoms with Crippen molar-refractivity contribution in [2.45, 2.75) is 0 Å². The van der Waals surface area contributed by atoms with E-state index >= 15 is 0 Å². The van der Waals surface area contributed by atoms with Crippen LogP contribution in [0.5, 0.6) is 5.75 Å². The summed E-state index contributed by atoms with van der Waals surface area (Å²) in [5, 5.41) is 6.03. The Morgan fingerprint density at radius 3 is 2.47 bits per heavy atom. The van der Waals surface area contributed by atoms with Gasteiger partial charge in [0, 0.05) is 11.8 Å². The number of aromatic nitrogens is 2. The minimum Gasteiger partial charge on any atom is -0.483 e. The van der Waals surface area contributed by atoms with Gasteiger partial charge in [-0.2, -0.15) is 0 Å². The Bertz CT molecular complexity index is 1520. The van der Waals surface area contributed by atoms with Crippen LogP contribution in [-0.4, -0.2) is 28.4 Å². The van der Waals surface area contributed by atoms with Gasteiger partial charge in [0.25, 0.3) is 11.8 Å². The zero-order chi connectivity index (χ0) is 24.9. The second-order valence-electron chi connectivity index (χ2n) is 7.69. The predicted molar refractivity (Wildman–Crippen MR) is 138 cm³/mol. The molecule has 0 fully saturated rings. The van der Waals surface area contributed by atoms with Gasteiger partial charge in [0.15, 0.2) is 6.61 Å². The number of pyridine rings is 1. The van der Waals surface area contributed by atoms with Crippen LogP contribution < -0.4 is 15.4 Å². The predicted octanol–water partition coefficient (Wildman–Crippen LogP) is 5.77. The Kier molecular flexibility index (Phi) is 6.63. The largest absolute Gasteiger partial charge is 0.483 e. The number of hydrogen-bond acceptors (Lipinski definition) is 6. The number of carbonyl (C=O) groups is 2. The van der Waals surface area contributed by atoms with E-state index in [1.165, 1.54) is 18.2 Å². The van der Waals surface area contributed by atoms with Crippen LogP contribution in [0, 0.1) is 5.82 Å². The monoisotopic (exact) mass is 498 g/mol. The molecule has 0 unspecified atom stereocenters. The molecule has 0 aliphatic heterocycles. The number of para-hydroxylation sites is 3. The van der Waals surface area contributed by atoms with Crippen LogP contribution in [0.1, 0.15) is 10.4 Å². The van der Waals surface area contributed by atoms with Gasteiger partial charge in [0.1, 0.15) is 22.4 Å². The lowest BCUT2D eigenvalue weighted by atomic mass is 10.2. The van der Waals surface area contributed by atoms with Gasteiger partial charge in [-0.3, -0.25) is 9.59 Å². The molecule has 0 radical (unpaired) electrons. The van der Waals surface area contributed by atoms with Crippen LogP contribution in [0.25, 0.3) is 20.8 Å². The lowest BCUT2D eigenvalue weighted by molar-refractivity contribution is -0.118. The van der Waals surface area contributed by atoms with E-state index in [0.717, 1.165) is 20.8 Å². The summed E-state index contributed by atoms with van der Waals surface area (Å²) < 4.78 is 20.4. The van der Waals surface area contributed by atoms with Gasteiger partial charge in [-0.05, 0) is 48.5 Å². The SMILES string of the molecule is O=C(COc1ccccc1C(=O)Nc1ccc(-c2nc3ccccc3s2)cn1)Nc1ccccc1F. The van der Waals surface area contributed by atoms with Crippen molar-refractivity contribution in [2.24, 2.45) is 0 Å². The highest BCUT2D eigenvalue weighted by atomic mass is 32.1. The molecule has 178 valence electrons. The van der Waals surface area contributed by atoms with E-state index in [4.69, 9.17) is 4.74 Å². The average Bonchev–Trinajstić information content (AvgIpc) is 3.34. The zero-order valence-electron chi connectivity index (χ0n) is 18.8. The Morgan fingerprint density at radius 2 is 1.67 bits per heavy atom. The first-order chi connectivity index (χ1) is 17.6. The summed E-state index contributed by atoms with van der Waals surface area (Å²) in [5.41, 5.74) is 2.05. The van der Waals surface area contributed by atoms with Crippen LogP contribution in [-0.2, 0) is 4.79 Å². The smallest absolute Gasteiger partial charge is 0.262 e. The van der Waals surface area contributed by atoms with Crippen LogP contribution in [0.4, 0.5) is 15.9 Å². The van der Waals surface area contributed by atoms with Crippen molar-refractivity contribution in [1.82, 2.24) is 9.97 Å². The van der Waals surface area contributed by atoms with E-state index < -0.39 is 24.2 Å². The number of thiazole rings is 1. The van der Waals surface area contributed by atoms with Crippen molar-refractivity contribution < 1.29 is 18.7 Å². The number of carbonyl (C=O) groups excluding carboxylic acids is 2. The molecule has 0 spiro atoms. The second-order valence-corrected chi connectivity index (χ2v) is 8.72. The minimum atomic E-state index is -0.553. The number of amides is 2. The molecule has 0 aliphatic carbocycles. The van der Waals surface area contributed by atoms with Crippen LogP contribution in [0.3, 0.4) is 0 Å². The van der Waals surface area contributed by atoms with E-state index in [1.54, 1.807) is 53.9 Å². The first-order valence-electron chi connectivity index (χ1n) is 11.0. The normalized spacial score (nSPS) is 10.7. The highest BCUT2D eigenvalue weighted by Gasteiger charge is 2.15. The first kappa shape index (κ1) is 23.1. The lowest BCUT2D eigenvalue weighted by Crippen LogP contribution is -2.22. The standard InChI is InChI=1S/C27H19FN4O3S/c28-19-8-2-3-9-20(19)30-25(33)16-35-22-11-5-1-7-18(22)26(34)32-24-14-13-17(15-29-24)27-31-21-10-4-6-12-23(21)36-27/h1-15H,16H2,(H,30,33)(H,29,32,34). The van der Waals surface area contributed by atoms with Crippen molar-refractivity contribution in [3.05, 3.63) is 103 Å². The third-order valence-electron chi connectivity index (χ3n) is 5.18. The molecule has 9 heteroatoms. The number of nitrogens with one attached hydrogen (secondary N) is 2. The second kappa shape index (κ2) is 10.3. The third-order valence-corrected chi connectivity index (χ3v) is 6.27. The topological polar surface area (TPSA) is 93.2 Å². The third kappa shape index (κ3) is 5.21. The first-order valence-corrected chi connectivity index (χ1v) is 11.8. The van der Waals surface area contributed by atoms with Gasteiger partial charge in [-0.15, -0.1) is 11.3 Å². The highest BCUT2D eigenvalue weighted by Crippen LogP contribution is 2.30. The molecule has 0 bridgehead atoms. The molecule has 0 atom stereocenters. The summed E-state index contributed by atoms with van der Waals surface area (Å²) in [6, 6.07) is 23.8. The van der Waals surface area contributed by atoms with Crippen LogP contribution >= 0.6 is 11.3 Å². The zero-order valence-corrected chi connectivity index (χ0v) is 19.6. The molecule has 2 heterocycles. The minimum absolute atomic E-state index is 0.0532. The highest BCUT2D eigenvalue weighted by molar-refractivity contribution is 7.21. The maximum absolute atomic E-state index is 13.7. The number of anilines is 2. The van der Waals surface area contributed by atoms with Gasteiger partial charge < -0.3 is 15.4 Å². The maximum Gasteiger partial charge on any atom is 0.262 e. The summed E-state index contributed by atoms with van der Waals surface area (Å²) in [7, 11) is 0. The molecule has 5 aromatic rings. The Balaban J connectivity index is 1.24. The summed E-state index contributed by atoms with van der Waals surface area (Å²) in [6.07, 6.45) is 1.66. The van der Waals surface area contributed by atoms with Crippen LogP contribution in [0.2, 0.25) is 0 Å². The van der Waals surface area contributed by atoms with Crippen molar-refractivity contribution >= 4 is 44.9 Å². The molecular weight excluding hydrogens is 479 g/mol. The summed E-state index contributed by atoms with van der Waals surface area (Å²) in [5.74, 6) is -0.975. The van der Waals surface area contributed by atoms with Crippen molar-refractivity contribution in [3.63, 3.8) is 0 Å². The molecule has 0 saturated heterocycles. The van der Waals surface area contributed by atoms with E-state index in [9.17, 15) is 14.0 Å². The van der Waals surface area contributed by atoms with E-state index in [2.05, 4.69) is 20.6 Å². The van der Waals surface area contributed by atoms with E-state index in [0.29, 0.717) is 5.82 Å². The number of halogens is 1. The quantitative estimate of drug-likeness (QED) is 0.297. The number of ether oxygens (including phenoxy) is 1. The Morgan fingerprint density at radius 1 is 0.889 bits per heavy atom. The van der Waals surface area contributed by atoms with Crippen LogP contribution in [0.15, 0.2) is 91.1 Å². The van der Waals surface area contributed by atoms with Crippen molar-refractivity contribution in [3.8, 4) is 16.3 Å². The van der Waals surface area contributed by atoms with Gasteiger partial charge in [-0.1, -0.05) is 36.4 Å². The number of nitrogens with zero attached hydrogens (tertiary/aromatic N) is 2. The molecule has 7 nitrogen and oxygen atoms in total. The molecular formula is C27H19FN4O3S. The number of benzene rings is 3. The Labute approximate surface area is 209 Å². The van der Waals surface area contributed by atoms with Gasteiger partial charge in [0.2, 0.25) is 0 Å². The van der Waals surface area contributed by atoms with E-state index in [1.807, 2.05) is 30.3 Å². The molecule has 0 saturated carbocycles. The molecule has 2 N–H and O–H groups in total. The maximum atomic E-state index is 13.7. The fourth-order valence-corrected chi connectivity index (χ4v) is 4.40. The molecule has 36 heavy (non-hydrogen) atoms. The number of hydrogen-bond donors (Lipinski definition) is 2. The number of rotatable bonds is 7. The molecule has 0 aliphatic rings. The van der Waals surface area contributed by atoms with Crippen molar-refractivity contribution in [1.29, 1.82) is 0 Å². The fraction of sp³-hybridized carbons (Fsp3) is 0.0370. The van der Waals surface area contributed by atoms with Crippen molar-refractivity contribution in [2.75, 3.05) is 17.2 Å². The lowest BCUT2D eigenvalue weighted by Gasteiger charge is -2.12. The van der Waals surface area contributed by atoms with Gasteiger partial charge in [-0.25, -0.2) is 14.4 Å². The van der Waals surface area contributed by atoms with Gasteiger partial charge in [0.05, 0.1) is 21.5 Å². The summed E-state index contributed by atoms with van der Waals surface area (Å²) >= 11 is 1.57. The molecule has 2 aromatic heterocycles. The van der Waals surface area contributed by atoms with Gasteiger partial charge >= 0.3 is 0 Å². The average molecular weight is 499 g/mol. The molecule has 2 amide bonds. The Hall–Kier alpha value is -4.63. The summed E-state index contributed by atoms with van der Waals surface area (Å²) in [4.78, 5) is 34.1. The summed E-state index contributed by atoms with van der Waals surface area (Å²) in [6.45, 7) is -0.395. The number of fused-ring (bicyclic) bond motifs is 1. The fourth-order valence-electron chi connectivity index (χ4n) is 3.45. The molecule has 5 rings (SSSR count). The van der Waals surface area contributed by atoms with E-state index in [-0.39, 0.29) is 17.0 Å². The molecule has 3 aromatic carbocycles.